The fraction of sp³-hybridized carbons (Fsp3) is 0.316. The molecule has 0 fully saturated rings. The van der Waals surface area contributed by atoms with Crippen LogP contribution in [0.1, 0.15) is 17.5 Å². The summed E-state index contributed by atoms with van der Waals surface area (Å²) in [4.78, 5) is 14.2. The molecule has 2 aromatic carbocycles. The molecule has 152 valence electrons. The summed E-state index contributed by atoms with van der Waals surface area (Å²) in [6.45, 7) is 1.86. The zero-order valence-corrected chi connectivity index (χ0v) is 17.1. The summed E-state index contributed by atoms with van der Waals surface area (Å²) in [6.07, 6.45) is 0.420. The summed E-state index contributed by atoms with van der Waals surface area (Å²) in [5, 5.41) is 0. The van der Waals surface area contributed by atoms with Crippen molar-refractivity contribution in [2.24, 2.45) is 0 Å². The van der Waals surface area contributed by atoms with E-state index in [1.54, 1.807) is 24.3 Å². The molecule has 8 nitrogen and oxygen atoms in total. The molecule has 28 heavy (non-hydrogen) atoms. The van der Waals surface area contributed by atoms with E-state index in [9.17, 15) is 13.2 Å². The molecule has 9 heteroatoms. The van der Waals surface area contributed by atoms with E-state index in [4.69, 9.17) is 14.2 Å². The van der Waals surface area contributed by atoms with Crippen molar-refractivity contribution in [1.29, 1.82) is 0 Å². The minimum atomic E-state index is -3.82. The molecule has 2 rings (SSSR count). The fourth-order valence-electron chi connectivity index (χ4n) is 2.50. The van der Waals surface area contributed by atoms with Gasteiger partial charge < -0.3 is 14.2 Å². The van der Waals surface area contributed by atoms with Crippen molar-refractivity contribution in [2.75, 3.05) is 21.3 Å². The van der Waals surface area contributed by atoms with Gasteiger partial charge in [0.1, 0.15) is 0 Å². The van der Waals surface area contributed by atoms with Crippen LogP contribution in [0.3, 0.4) is 0 Å². The number of rotatable bonds is 9. The highest BCUT2D eigenvalue weighted by atomic mass is 32.2. The maximum Gasteiger partial charge on any atom is 0.257 e. The van der Waals surface area contributed by atoms with E-state index in [1.807, 2.05) is 6.92 Å². The minimum absolute atomic E-state index is 0.0645. The van der Waals surface area contributed by atoms with E-state index < -0.39 is 15.9 Å². The van der Waals surface area contributed by atoms with Gasteiger partial charge in [-0.2, -0.15) is 0 Å². The normalized spacial score (nSPS) is 11.0. The molecule has 0 bridgehead atoms. The van der Waals surface area contributed by atoms with Crippen molar-refractivity contribution >= 4 is 15.9 Å². The summed E-state index contributed by atoms with van der Waals surface area (Å²) in [7, 11) is 0.699. The molecule has 0 aromatic heterocycles. The molecule has 0 heterocycles. The third-order valence-corrected chi connectivity index (χ3v) is 5.28. The molecule has 0 aliphatic heterocycles. The lowest BCUT2D eigenvalue weighted by Gasteiger charge is -2.14. The zero-order chi connectivity index (χ0) is 20.7. The van der Waals surface area contributed by atoms with E-state index in [2.05, 4.69) is 10.3 Å². The molecule has 2 aromatic rings. The van der Waals surface area contributed by atoms with Crippen LogP contribution in [0.4, 0.5) is 0 Å². The Balaban J connectivity index is 1.98. The minimum Gasteiger partial charge on any atom is -0.493 e. The molecular formula is C19H24N2O6S. The Kier molecular flexibility index (Phi) is 7.24. The number of hydrogen-bond donors (Lipinski definition) is 2. The van der Waals surface area contributed by atoms with Crippen LogP contribution >= 0.6 is 0 Å². The largest absolute Gasteiger partial charge is 0.493 e. The van der Waals surface area contributed by atoms with Gasteiger partial charge in [0.05, 0.1) is 26.2 Å². The highest BCUT2D eigenvalue weighted by molar-refractivity contribution is 7.89. The van der Waals surface area contributed by atoms with E-state index in [-0.39, 0.29) is 11.3 Å². The Hall–Kier alpha value is -2.78. The molecule has 0 atom stereocenters. The SMILES string of the molecule is COc1cc(CCC(=O)NNS(=O)(=O)c2ccc(C)cc2)cc(OC)c1OC. The second kappa shape index (κ2) is 9.43. The second-order valence-electron chi connectivity index (χ2n) is 6.00. The van der Waals surface area contributed by atoms with E-state index in [0.29, 0.717) is 23.7 Å². The van der Waals surface area contributed by atoms with Crippen LogP contribution in [0, 0.1) is 6.92 Å². The van der Waals surface area contributed by atoms with E-state index >= 15 is 0 Å². The van der Waals surface area contributed by atoms with Crippen LogP contribution in [0.15, 0.2) is 41.3 Å². The standard InChI is InChI=1S/C19H24N2O6S/c1-13-5-8-15(9-6-13)28(23,24)21-20-18(22)10-7-14-11-16(25-2)19(27-4)17(12-14)26-3/h5-6,8-9,11-12,21H,7,10H2,1-4H3,(H,20,22). The molecule has 0 aliphatic carbocycles. The summed E-state index contributed by atoms with van der Waals surface area (Å²) in [5.41, 5.74) is 3.94. The average molecular weight is 408 g/mol. The van der Waals surface area contributed by atoms with Crippen molar-refractivity contribution in [2.45, 2.75) is 24.7 Å². The van der Waals surface area contributed by atoms with Gasteiger partial charge >= 0.3 is 0 Å². The third-order valence-electron chi connectivity index (χ3n) is 4.02. The Morgan fingerprint density at radius 1 is 0.964 bits per heavy atom. The molecule has 2 N–H and O–H groups in total. The molecular weight excluding hydrogens is 384 g/mol. The second-order valence-corrected chi connectivity index (χ2v) is 7.68. The van der Waals surface area contributed by atoms with Gasteiger partial charge in [-0.05, 0) is 43.2 Å². The predicted octanol–water partition coefficient (Wildman–Crippen LogP) is 1.96. The molecule has 0 spiro atoms. The number of nitrogens with one attached hydrogen (secondary N) is 2. The summed E-state index contributed by atoms with van der Waals surface area (Å²) >= 11 is 0. The third kappa shape index (κ3) is 5.37. The van der Waals surface area contributed by atoms with Crippen molar-refractivity contribution in [3.63, 3.8) is 0 Å². The van der Waals surface area contributed by atoms with Gasteiger partial charge in [0.2, 0.25) is 11.7 Å². The molecule has 0 saturated heterocycles. The van der Waals surface area contributed by atoms with Gasteiger partial charge in [-0.15, -0.1) is 4.83 Å². The molecule has 1 amide bonds. The highest BCUT2D eigenvalue weighted by Crippen LogP contribution is 2.38. The first-order chi connectivity index (χ1) is 13.3. The van der Waals surface area contributed by atoms with Crippen molar-refractivity contribution in [3.8, 4) is 17.2 Å². The van der Waals surface area contributed by atoms with Gasteiger partial charge in [0.15, 0.2) is 11.5 Å². The number of ether oxygens (including phenoxy) is 3. The molecule has 0 radical (unpaired) electrons. The van der Waals surface area contributed by atoms with E-state index in [1.165, 1.54) is 33.5 Å². The van der Waals surface area contributed by atoms with Crippen LogP contribution in [-0.2, 0) is 21.2 Å². The maximum absolute atomic E-state index is 12.2. The number of amides is 1. The number of carbonyl (C=O) groups is 1. The number of aryl methyl sites for hydroxylation is 2. The molecule has 0 aliphatic rings. The lowest BCUT2D eigenvalue weighted by Crippen LogP contribution is -2.41. The quantitative estimate of drug-likeness (QED) is 0.615. The van der Waals surface area contributed by atoms with Crippen molar-refractivity contribution < 1.29 is 27.4 Å². The van der Waals surface area contributed by atoms with E-state index in [0.717, 1.165) is 11.1 Å². The molecule has 0 saturated carbocycles. The van der Waals surface area contributed by atoms with Gasteiger partial charge in [-0.1, -0.05) is 17.7 Å². The summed E-state index contributed by atoms with van der Waals surface area (Å²) in [5.74, 6) is 0.961. The first kappa shape index (κ1) is 21.5. The van der Waals surface area contributed by atoms with Crippen molar-refractivity contribution in [3.05, 3.63) is 47.5 Å². The van der Waals surface area contributed by atoms with Crippen LogP contribution < -0.4 is 24.5 Å². The summed E-state index contributed by atoms with van der Waals surface area (Å²) in [6, 6.07) is 9.79. The van der Waals surface area contributed by atoms with Gasteiger partial charge in [0, 0.05) is 6.42 Å². The first-order valence-corrected chi connectivity index (χ1v) is 9.95. The monoisotopic (exact) mass is 408 g/mol. The Bertz CT molecular complexity index is 901. The van der Waals surface area contributed by atoms with Gasteiger partial charge in [-0.3, -0.25) is 10.2 Å². The van der Waals surface area contributed by atoms with Gasteiger partial charge in [0.25, 0.3) is 10.0 Å². The number of hydrazine groups is 1. The number of benzene rings is 2. The van der Waals surface area contributed by atoms with Crippen LogP contribution in [0.25, 0.3) is 0 Å². The summed E-state index contributed by atoms with van der Waals surface area (Å²) < 4.78 is 40.2. The van der Waals surface area contributed by atoms with Crippen LogP contribution in [0.5, 0.6) is 17.2 Å². The number of hydrogen-bond acceptors (Lipinski definition) is 6. The zero-order valence-electron chi connectivity index (χ0n) is 16.2. The highest BCUT2D eigenvalue weighted by Gasteiger charge is 2.16. The number of methoxy groups -OCH3 is 3. The number of sulfonamides is 1. The Morgan fingerprint density at radius 2 is 1.54 bits per heavy atom. The van der Waals surface area contributed by atoms with Crippen LogP contribution in [-0.4, -0.2) is 35.7 Å². The Morgan fingerprint density at radius 3 is 2.04 bits per heavy atom. The number of carbonyl (C=O) groups excluding carboxylic acids is 1. The molecule has 0 unspecified atom stereocenters. The predicted molar refractivity (Wildman–Crippen MR) is 104 cm³/mol. The van der Waals surface area contributed by atoms with Gasteiger partial charge in [-0.25, -0.2) is 8.42 Å². The lowest BCUT2D eigenvalue weighted by atomic mass is 10.1. The van der Waals surface area contributed by atoms with Crippen molar-refractivity contribution in [1.82, 2.24) is 10.3 Å². The fourth-order valence-corrected chi connectivity index (χ4v) is 3.36. The topological polar surface area (TPSA) is 103 Å². The average Bonchev–Trinajstić information content (AvgIpc) is 2.70. The lowest BCUT2D eigenvalue weighted by molar-refractivity contribution is -0.121. The smallest absolute Gasteiger partial charge is 0.257 e. The van der Waals surface area contributed by atoms with Crippen LogP contribution in [0.2, 0.25) is 0 Å². The maximum atomic E-state index is 12.2. The first-order valence-electron chi connectivity index (χ1n) is 8.47. The Labute approximate surface area is 164 Å².